The fraction of sp³-hybridized carbons (Fsp3) is 0.154. The van der Waals surface area contributed by atoms with Gasteiger partial charge >= 0.3 is 0 Å². The highest BCUT2D eigenvalue weighted by atomic mass is 35.5. The molecule has 0 aliphatic carbocycles. The van der Waals surface area contributed by atoms with Crippen LogP contribution in [0.5, 0.6) is 5.88 Å². The molecule has 4 heteroatoms. The molecule has 0 bridgehead atoms. The Morgan fingerprint density at radius 3 is 2.82 bits per heavy atom. The maximum Gasteiger partial charge on any atom is 0.213 e. The molecule has 0 amide bonds. The fourth-order valence-electron chi connectivity index (χ4n) is 1.44. The number of aromatic nitrogens is 1. The third-order valence-corrected chi connectivity index (χ3v) is 2.55. The van der Waals surface area contributed by atoms with Gasteiger partial charge < -0.3 is 10.5 Å². The highest BCUT2D eigenvalue weighted by Gasteiger charge is 1.99. The van der Waals surface area contributed by atoms with Gasteiger partial charge in [0, 0.05) is 23.8 Å². The van der Waals surface area contributed by atoms with Gasteiger partial charge in [-0.05, 0) is 29.3 Å². The zero-order valence-corrected chi connectivity index (χ0v) is 10.0. The Labute approximate surface area is 105 Å². The topological polar surface area (TPSA) is 48.1 Å². The third-order valence-electron chi connectivity index (χ3n) is 2.31. The summed E-state index contributed by atoms with van der Waals surface area (Å²) in [7, 11) is 0. The molecule has 0 saturated heterocycles. The summed E-state index contributed by atoms with van der Waals surface area (Å²) in [5.74, 6) is 0.577. The van der Waals surface area contributed by atoms with E-state index in [-0.39, 0.29) is 0 Å². The van der Waals surface area contributed by atoms with E-state index in [9.17, 15) is 0 Å². The fourth-order valence-corrected chi connectivity index (χ4v) is 1.65. The van der Waals surface area contributed by atoms with Crippen LogP contribution >= 0.6 is 11.6 Å². The van der Waals surface area contributed by atoms with Crippen LogP contribution in [0.4, 0.5) is 0 Å². The molecular weight excluding hydrogens is 236 g/mol. The molecule has 3 nitrogen and oxygen atoms in total. The molecule has 2 aromatic rings. The zero-order chi connectivity index (χ0) is 12.1. The number of nitrogens with two attached hydrogens (primary N) is 1. The predicted octanol–water partition coefficient (Wildman–Crippen LogP) is 2.77. The first kappa shape index (κ1) is 11.9. The number of benzene rings is 1. The third kappa shape index (κ3) is 3.44. The Morgan fingerprint density at radius 2 is 2.06 bits per heavy atom. The number of ether oxygens (including phenoxy) is 1. The highest BCUT2D eigenvalue weighted by molar-refractivity contribution is 6.30. The van der Waals surface area contributed by atoms with Crippen molar-refractivity contribution in [3.8, 4) is 5.88 Å². The lowest BCUT2D eigenvalue weighted by Crippen LogP contribution is -2.00. The van der Waals surface area contributed by atoms with E-state index in [1.165, 1.54) is 0 Å². The van der Waals surface area contributed by atoms with Gasteiger partial charge in [-0.25, -0.2) is 4.98 Å². The minimum Gasteiger partial charge on any atom is -0.473 e. The number of nitrogens with zero attached hydrogens (tertiary/aromatic N) is 1. The van der Waals surface area contributed by atoms with Crippen molar-refractivity contribution in [1.29, 1.82) is 0 Å². The average Bonchev–Trinajstić information content (AvgIpc) is 2.37. The summed E-state index contributed by atoms with van der Waals surface area (Å²) in [5, 5.41) is 0.703. The minimum atomic E-state index is 0.446. The van der Waals surface area contributed by atoms with Gasteiger partial charge in [-0.1, -0.05) is 23.7 Å². The molecule has 0 atom stereocenters. The van der Waals surface area contributed by atoms with Gasteiger partial charge in [0.15, 0.2) is 0 Å². The monoisotopic (exact) mass is 248 g/mol. The van der Waals surface area contributed by atoms with Crippen molar-refractivity contribution in [2.45, 2.75) is 13.2 Å². The van der Waals surface area contributed by atoms with E-state index in [0.717, 1.165) is 11.1 Å². The zero-order valence-electron chi connectivity index (χ0n) is 9.27. The second kappa shape index (κ2) is 5.66. The van der Waals surface area contributed by atoms with Gasteiger partial charge in [-0.3, -0.25) is 0 Å². The van der Waals surface area contributed by atoms with Crippen molar-refractivity contribution in [3.63, 3.8) is 0 Å². The second-order valence-corrected chi connectivity index (χ2v) is 4.06. The van der Waals surface area contributed by atoms with Gasteiger partial charge in [0.2, 0.25) is 5.88 Å². The van der Waals surface area contributed by atoms with Crippen molar-refractivity contribution >= 4 is 11.6 Å². The Balaban J connectivity index is 2.02. The SMILES string of the molecule is NCc1ccnc(OCc2cccc(Cl)c2)c1. The molecule has 88 valence electrons. The normalized spacial score (nSPS) is 10.2. The van der Waals surface area contributed by atoms with Crippen molar-refractivity contribution in [1.82, 2.24) is 4.98 Å². The Morgan fingerprint density at radius 1 is 1.18 bits per heavy atom. The number of hydrogen-bond donors (Lipinski definition) is 1. The lowest BCUT2D eigenvalue weighted by Gasteiger charge is -2.06. The van der Waals surface area contributed by atoms with Crippen LogP contribution in [0.15, 0.2) is 42.6 Å². The van der Waals surface area contributed by atoms with Crippen LogP contribution in [0.1, 0.15) is 11.1 Å². The van der Waals surface area contributed by atoms with Crippen molar-refractivity contribution < 1.29 is 4.74 Å². The first-order valence-corrected chi connectivity index (χ1v) is 5.68. The molecule has 2 N–H and O–H groups in total. The molecule has 0 spiro atoms. The molecular formula is C13H13ClN2O. The quantitative estimate of drug-likeness (QED) is 0.905. The first-order chi connectivity index (χ1) is 8.28. The summed E-state index contributed by atoms with van der Waals surface area (Å²) in [6.45, 7) is 0.928. The highest BCUT2D eigenvalue weighted by Crippen LogP contribution is 2.14. The molecule has 0 aliphatic rings. The van der Waals surface area contributed by atoms with Crippen molar-refractivity contribution in [2.75, 3.05) is 0 Å². The van der Waals surface area contributed by atoms with Crippen molar-refractivity contribution in [3.05, 3.63) is 58.7 Å². The summed E-state index contributed by atoms with van der Waals surface area (Å²) < 4.78 is 5.56. The molecule has 0 saturated carbocycles. The van der Waals surface area contributed by atoms with Crippen LogP contribution in [0.25, 0.3) is 0 Å². The molecule has 1 aromatic heterocycles. The van der Waals surface area contributed by atoms with Crippen LogP contribution in [0, 0.1) is 0 Å². The summed E-state index contributed by atoms with van der Waals surface area (Å²) in [5.41, 5.74) is 7.56. The van der Waals surface area contributed by atoms with Crippen molar-refractivity contribution in [2.24, 2.45) is 5.73 Å². The number of hydrogen-bond acceptors (Lipinski definition) is 3. The average molecular weight is 249 g/mol. The van der Waals surface area contributed by atoms with Crippen LogP contribution in [-0.2, 0) is 13.2 Å². The van der Waals surface area contributed by atoms with E-state index < -0.39 is 0 Å². The summed E-state index contributed by atoms with van der Waals surface area (Å²) in [6, 6.07) is 11.3. The molecule has 0 aliphatic heterocycles. The van der Waals surface area contributed by atoms with E-state index >= 15 is 0 Å². The first-order valence-electron chi connectivity index (χ1n) is 5.30. The Bertz CT molecular complexity index is 502. The van der Waals surface area contributed by atoms with E-state index in [4.69, 9.17) is 22.1 Å². The molecule has 0 fully saturated rings. The Kier molecular flexibility index (Phi) is 3.96. The van der Waals surface area contributed by atoms with E-state index in [2.05, 4.69) is 4.98 Å². The predicted molar refractivity (Wildman–Crippen MR) is 67.9 cm³/mol. The van der Waals surface area contributed by atoms with Gasteiger partial charge in [0.05, 0.1) is 0 Å². The minimum absolute atomic E-state index is 0.446. The van der Waals surface area contributed by atoms with E-state index in [1.54, 1.807) is 6.20 Å². The summed E-state index contributed by atoms with van der Waals surface area (Å²) in [4.78, 5) is 4.11. The lowest BCUT2D eigenvalue weighted by molar-refractivity contribution is 0.293. The van der Waals surface area contributed by atoms with Gasteiger partial charge in [0.1, 0.15) is 6.61 Å². The molecule has 2 rings (SSSR count). The lowest BCUT2D eigenvalue weighted by atomic mass is 10.2. The molecule has 17 heavy (non-hydrogen) atoms. The number of halogens is 1. The van der Waals surface area contributed by atoms with E-state index in [0.29, 0.717) is 24.1 Å². The van der Waals surface area contributed by atoms with Gasteiger partial charge in [0.25, 0.3) is 0 Å². The van der Waals surface area contributed by atoms with Crippen LogP contribution in [0.2, 0.25) is 5.02 Å². The summed E-state index contributed by atoms with van der Waals surface area (Å²) >= 11 is 5.89. The number of pyridine rings is 1. The molecule has 1 aromatic carbocycles. The second-order valence-electron chi connectivity index (χ2n) is 3.63. The van der Waals surface area contributed by atoms with Crippen LogP contribution in [-0.4, -0.2) is 4.98 Å². The van der Waals surface area contributed by atoms with Gasteiger partial charge in [-0.2, -0.15) is 0 Å². The standard InChI is InChI=1S/C13H13ClN2O/c14-12-3-1-2-11(6-12)9-17-13-7-10(8-15)4-5-16-13/h1-7H,8-9,15H2. The van der Waals surface area contributed by atoms with E-state index in [1.807, 2.05) is 36.4 Å². The van der Waals surface area contributed by atoms with Gasteiger partial charge in [-0.15, -0.1) is 0 Å². The molecule has 0 radical (unpaired) electrons. The van der Waals surface area contributed by atoms with Crippen LogP contribution in [0.3, 0.4) is 0 Å². The number of rotatable bonds is 4. The molecule has 0 unspecified atom stereocenters. The molecule has 1 heterocycles. The smallest absolute Gasteiger partial charge is 0.213 e. The van der Waals surface area contributed by atoms with Crippen LogP contribution < -0.4 is 10.5 Å². The maximum atomic E-state index is 5.89. The summed E-state index contributed by atoms with van der Waals surface area (Å²) in [6.07, 6.45) is 1.69. The largest absolute Gasteiger partial charge is 0.473 e. The maximum absolute atomic E-state index is 5.89. The Hall–Kier alpha value is -1.58.